The molecule has 2 saturated heterocycles. The highest BCUT2D eigenvalue weighted by molar-refractivity contribution is 5.76. The van der Waals surface area contributed by atoms with Crippen LogP contribution in [-0.2, 0) is 4.79 Å². The highest BCUT2D eigenvalue weighted by atomic mass is 16.4. The molecule has 114 valence electrons. The summed E-state index contributed by atoms with van der Waals surface area (Å²) in [6.07, 6.45) is 2.52. The van der Waals surface area contributed by atoms with Crippen LogP contribution in [0.4, 0.5) is 4.79 Å². The lowest BCUT2D eigenvalue weighted by Gasteiger charge is -2.42. The molecular formula is C14H25N3O3. The van der Waals surface area contributed by atoms with Crippen molar-refractivity contribution in [2.24, 2.45) is 11.8 Å². The van der Waals surface area contributed by atoms with Crippen LogP contribution in [0.25, 0.3) is 0 Å². The number of carbonyl (C=O) groups excluding carboxylic acids is 1. The van der Waals surface area contributed by atoms with E-state index in [1.54, 1.807) is 16.7 Å². The summed E-state index contributed by atoms with van der Waals surface area (Å²) >= 11 is 0. The van der Waals surface area contributed by atoms with Crippen LogP contribution in [0.3, 0.4) is 0 Å². The molecule has 2 aliphatic heterocycles. The zero-order chi connectivity index (χ0) is 14.7. The van der Waals surface area contributed by atoms with E-state index in [9.17, 15) is 9.59 Å². The van der Waals surface area contributed by atoms with Crippen LogP contribution in [0.5, 0.6) is 0 Å². The summed E-state index contributed by atoms with van der Waals surface area (Å²) in [6.45, 7) is 6.82. The van der Waals surface area contributed by atoms with Crippen molar-refractivity contribution in [2.45, 2.75) is 19.8 Å². The first-order valence-corrected chi connectivity index (χ1v) is 7.44. The number of carboxylic acid groups (broad SMARTS) is 1. The van der Waals surface area contributed by atoms with Crippen molar-refractivity contribution in [3.8, 4) is 0 Å². The number of likely N-dealkylation sites (tertiary alicyclic amines) is 2. The van der Waals surface area contributed by atoms with Crippen molar-refractivity contribution in [1.29, 1.82) is 0 Å². The third-order valence-electron chi connectivity index (χ3n) is 4.55. The summed E-state index contributed by atoms with van der Waals surface area (Å²) in [5.74, 6) is -1.04. The average molecular weight is 283 g/mol. The van der Waals surface area contributed by atoms with E-state index >= 15 is 0 Å². The van der Waals surface area contributed by atoms with Gasteiger partial charge in [-0.3, -0.25) is 4.79 Å². The molecule has 0 aromatic carbocycles. The Morgan fingerprint density at radius 2 is 1.90 bits per heavy atom. The molecule has 6 nitrogen and oxygen atoms in total. The normalized spacial score (nSPS) is 21.6. The smallest absolute Gasteiger partial charge is 0.319 e. The summed E-state index contributed by atoms with van der Waals surface area (Å²) in [5.41, 5.74) is 0. The fraction of sp³-hybridized carbons (Fsp3) is 0.857. The van der Waals surface area contributed by atoms with Gasteiger partial charge in [0.15, 0.2) is 0 Å². The first kappa shape index (κ1) is 15.1. The van der Waals surface area contributed by atoms with Gasteiger partial charge >= 0.3 is 12.0 Å². The lowest BCUT2D eigenvalue weighted by Crippen LogP contribution is -2.57. The minimum absolute atomic E-state index is 0.0260. The summed E-state index contributed by atoms with van der Waals surface area (Å²) < 4.78 is 0. The monoisotopic (exact) mass is 283 g/mol. The number of hydrogen-bond acceptors (Lipinski definition) is 3. The zero-order valence-electron chi connectivity index (χ0n) is 12.4. The summed E-state index contributed by atoms with van der Waals surface area (Å²) in [6, 6.07) is 0.0260. The van der Waals surface area contributed by atoms with Gasteiger partial charge in [-0.15, -0.1) is 0 Å². The number of amides is 2. The van der Waals surface area contributed by atoms with Crippen LogP contribution < -0.4 is 0 Å². The molecule has 6 heteroatoms. The number of carbonyl (C=O) groups is 2. The van der Waals surface area contributed by atoms with Gasteiger partial charge in [0, 0.05) is 39.1 Å². The molecule has 0 aromatic heterocycles. The number of likely N-dealkylation sites (N-methyl/N-ethyl adjacent to an activating group) is 1. The van der Waals surface area contributed by atoms with Crippen molar-refractivity contribution in [3.63, 3.8) is 0 Å². The predicted octanol–water partition coefficient (Wildman–Crippen LogP) is 0.786. The fourth-order valence-corrected chi connectivity index (χ4v) is 2.82. The minimum atomic E-state index is -0.774. The van der Waals surface area contributed by atoms with Crippen LogP contribution in [0.2, 0.25) is 0 Å². The van der Waals surface area contributed by atoms with Gasteiger partial charge in [0.25, 0.3) is 0 Å². The Kier molecular flexibility index (Phi) is 4.86. The van der Waals surface area contributed by atoms with Gasteiger partial charge in [-0.05, 0) is 25.9 Å². The molecule has 1 unspecified atom stereocenters. The van der Waals surface area contributed by atoms with Crippen LogP contribution in [0, 0.1) is 11.8 Å². The number of rotatable bonds is 5. The van der Waals surface area contributed by atoms with E-state index in [0.717, 1.165) is 26.2 Å². The molecule has 2 fully saturated rings. The summed E-state index contributed by atoms with van der Waals surface area (Å²) in [7, 11) is 1.83. The Labute approximate surface area is 120 Å². The maximum absolute atomic E-state index is 12.2. The van der Waals surface area contributed by atoms with Gasteiger partial charge < -0.3 is 19.8 Å². The quantitative estimate of drug-likeness (QED) is 0.810. The van der Waals surface area contributed by atoms with Gasteiger partial charge in [0.2, 0.25) is 0 Å². The lowest BCUT2D eigenvalue weighted by molar-refractivity contribution is -0.144. The van der Waals surface area contributed by atoms with Crippen molar-refractivity contribution in [2.75, 3.05) is 46.3 Å². The topological polar surface area (TPSA) is 64.1 Å². The van der Waals surface area contributed by atoms with E-state index in [1.165, 1.54) is 12.8 Å². The minimum Gasteiger partial charge on any atom is -0.481 e. The Hall–Kier alpha value is -1.30. The molecule has 2 aliphatic rings. The maximum atomic E-state index is 12.2. The molecule has 1 atom stereocenters. The molecule has 0 radical (unpaired) electrons. The maximum Gasteiger partial charge on any atom is 0.319 e. The van der Waals surface area contributed by atoms with Crippen LogP contribution in [0.1, 0.15) is 19.8 Å². The van der Waals surface area contributed by atoms with E-state index in [4.69, 9.17) is 5.11 Å². The molecule has 0 spiro atoms. The first-order valence-electron chi connectivity index (χ1n) is 7.44. The molecule has 1 N–H and O–H groups in total. The van der Waals surface area contributed by atoms with Gasteiger partial charge in [-0.25, -0.2) is 4.79 Å². The molecular weight excluding hydrogens is 258 g/mol. The first-order chi connectivity index (χ1) is 9.49. The summed E-state index contributed by atoms with van der Waals surface area (Å²) in [5, 5.41) is 8.94. The highest BCUT2D eigenvalue weighted by Gasteiger charge is 2.38. The largest absolute Gasteiger partial charge is 0.481 e. The third kappa shape index (κ3) is 3.42. The van der Waals surface area contributed by atoms with Gasteiger partial charge in [-0.2, -0.15) is 0 Å². The van der Waals surface area contributed by atoms with E-state index < -0.39 is 5.97 Å². The number of nitrogens with zero attached hydrogens (tertiary/aromatic N) is 3. The zero-order valence-corrected chi connectivity index (χ0v) is 12.4. The average Bonchev–Trinajstić information content (AvgIpc) is 2.86. The fourth-order valence-electron chi connectivity index (χ4n) is 2.82. The van der Waals surface area contributed by atoms with Crippen LogP contribution in [-0.4, -0.2) is 78.1 Å². The summed E-state index contributed by atoms with van der Waals surface area (Å²) in [4.78, 5) is 28.9. The number of hydrogen-bond donors (Lipinski definition) is 1. The molecule has 2 amide bonds. The van der Waals surface area contributed by atoms with Crippen molar-refractivity contribution in [1.82, 2.24) is 14.7 Å². The second-order valence-electron chi connectivity index (χ2n) is 6.04. The molecule has 0 saturated carbocycles. The van der Waals surface area contributed by atoms with Crippen molar-refractivity contribution < 1.29 is 14.7 Å². The molecule has 20 heavy (non-hydrogen) atoms. The Morgan fingerprint density at radius 3 is 2.45 bits per heavy atom. The molecule has 0 aliphatic carbocycles. The van der Waals surface area contributed by atoms with E-state index in [1.807, 2.05) is 7.05 Å². The van der Waals surface area contributed by atoms with E-state index in [2.05, 4.69) is 4.90 Å². The highest BCUT2D eigenvalue weighted by Crippen LogP contribution is 2.24. The molecule has 0 bridgehead atoms. The van der Waals surface area contributed by atoms with Crippen LogP contribution in [0.15, 0.2) is 0 Å². The van der Waals surface area contributed by atoms with Crippen LogP contribution >= 0.6 is 0 Å². The molecule has 0 aromatic rings. The number of urea groups is 1. The number of carboxylic acids is 1. The molecule has 2 heterocycles. The number of aliphatic carboxylic acids is 1. The second-order valence-corrected chi connectivity index (χ2v) is 6.04. The van der Waals surface area contributed by atoms with Gasteiger partial charge in [0.05, 0.1) is 5.92 Å². The molecule has 2 rings (SSSR count). The van der Waals surface area contributed by atoms with Crippen molar-refractivity contribution in [3.05, 3.63) is 0 Å². The Morgan fingerprint density at radius 1 is 1.30 bits per heavy atom. The van der Waals surface area contributed by atoms with Gasteiger partial charge in [0.1, 0.15) is 0 Å². The van der Waals surface area contributed by atoms with Crippen molar-refractivity contribution >= 4 is 12.0 Å². The van der Waals surface area contributed by atoms with E-state index in [0.29, 0.717) is 13.1 Å². The Bertz CT molecular complexity index is 363. The van der Waals surface area contributed by atoms with Gasteiger partial charge in [-0.1, -0.05) is 6.92 Å². The lowest BCUT2D eigenvalue weighted by atomic mass is 9.87. The van der Waals surface area contributed by atoms with E-state index in [-0.39, 0.29) is 17.9 Å². The Balaban J connectivity index is 1.68. The second kappa shape index (κ2) is 6.43. The standard InChI is InChI=1S/C14H25N3O3/c1-11(13(18)19)12-9-17(10-12)14(20)15(2)7-8-16-5-3-4-6-16/h11-12H,3-10H2,1-2H3,(H,18,19). The predicted molar refractivity (Wildman–Crippen MR) is 75.6 cm³/mol. The SMILES string of the molecule is CC(C(=O)O)C1CN(C(=O)N(C)CCN2CCCC2)C1. The third-order valence-corrected chi connectivity index (χ3v) is 4.55.